The maximum atomic E-state index is 11.9. The molecule has 1 aromatic carbocycles. The van der Waals surface area contributed by atoms with Crippen molar-refractivity contribution < 1.29 is 8.42 Å². The summed E-state index contributed by atoms with van der Waals surface area (Å²) in [6.07, 6.45) is 1.87. The number of halogens is 1. The van der Waals surface area contributed by atoms with Crippen molar-refractivity contribution in [3.8, 4) is 0 Å². The van der Waals surface area contributed by atoms with E-state index < -0.39 is 10.2 Å². The average molecular weight is 275 g/mol. The maximum Gasteiger partial charge on any atom is 0.301 e. The molecule has 1 aliphatic rings. The van der Waals surface area contributed by atoms with Gasteiger partial charge < -0.3 is 0 Å². The van der Waals surface area contributed by atoms with E-state index >= 15 is 0 Å². The van der Waals surface area contributed by atoms with Gasteiger partial charge in [-0.25, -0.2) is 0 Å². The number of anilines is 1. The number of nitrogens with one attached hydrogen (secondary N) is 1. The monoisotopic (exact) mass is 274 g/mol. The molecule has 0 aromatic heterocycles. The van der Waals surface area contributed by atoms with Gasteiger partial charge in [-0.1, -0.05) is 12.1 Å². The van der Waals surface area contributed by atoms with Crippen molar-refractivity contribution in [1.82, 2.24) is 4.31 Å². The van der Waals surface area contributed by atoms with E-state index in [1.807, 2.05) is 12.1 Å². The Balaban J connectivity index is 2.08. The van der Waals surface area contributed by atoms with Crippen molar-refractivity contribution in [1.29, 1.82) is 0 Å². The Bertz CT molecular complexity index is 467. The number of hydrogen-bond donors (Lipinski definition) is 1. The highest BCUT2D eigenvalue weighted by Gasteiger charge is 2.24. The van der Waals surface area contributed by atoms with Crippen LogP contribution in [0.15, 0.2) is 24.3 Å². The Labute approximate surface area is 107 Å². The van der Waals surface area contributed by atoms with Crippen LogP contribution in [-0.2, 0) is 16.1 Å². The summed E-state index contributed by atoms with van der Waals surface area (Å²) in [5, 5.41) is 0. The van der Waals surface area contributed by atoms with Crippen LogP contribution in [0.4, 0.5) is 5.69 Å². The SMILES string of the molecule is O=S(=O)(Nc1ccc(CCl)cc1)N1CCCC1. The molecular formula is C11H15ClN2O2S. The van der Waals surface area contributed by atoms with Crippen LogP contribution < -0.4 is 4.72 Å². The van der Waals surface area contributed by atoms with Crippen molar-refractivity contribution in [2.75, 3.05) is 17.8 Å². The van der Waals surface area contributed by atoms with Gasteiger partial charge in [0.15, 0.2) is 0 Å². The van der Waals surface area contributed by atoms with Crippen LogP contribution in [0, 0.1) is 0 Å². The lowest BCUT2D eigenvalue weighted by Gasteiger charge is -2.16. The molecule has 0 radical (unpaired) electrons. The zero-order valence-corrected chi connectivity index (χ0v) is 11.0. The van der Waals surface area contributed by atoms with E-state index in [-0.39, 0.29) is 0 Å². The van der Waals surface area contributed by atoms with Crippen LogP contribution in [0.3, 0.4) is 0 Å². The van der Waals surface area contributed by atoms with Crippen molar-refractivity contribution >= 4 is 27.5 Å². The first-order chi connectivity index (χ1) is 8.12. The summed E-state index contributed by atoms with van der Waals surface area (Å²) in [5.74, 6) is 0.430. The van der Waals surface area contributed by atoms with Crippen LogP contribution in [0.1, 0.15) is 18.4 Å². The van der Waals surface area contributed by atoms with Gasteiger partial charge in [-0.05, 0) is 30.5 Å². The fourth-order valence-corrected chi connectivity index (χ4v) is 3.28. The zero-order chi connectivity index (χ0) is 12.3. The van der Waals surface area contributed by atoms with E-state index in [0.717, 1.165) is 18.4 Å². The fourth-order valence-electron chi connectivity index (χ4n) is 1.80. The third kappa shape index (κ3) is 3.12. The highest BCUT2D eigenvalue weighted by Crippen LogP contribution is 2.17. The number of benzene rings is 1. The highest BCUT2D eigenvalue weighted by atomic mass is 35.5. The number of rotatable bonds is 4. The molecule has 4 nitrogen and oxygen atoms in total. The van der Waals surface area contributed by atoms with E-state index in [4.69, 9.17) is 11.6 Å². The summed E-state index contributed by atoms with van der Waals surface area (Å²) in [4.78, 5) is 0. The number of nitrogens with zero attached hydrogens (tertiary/aromatic N) is 1. The second-order valence-corrected chi connectivity index (χ2v) is 5.98. The molecule has 0 bridgehead atoms. The predicted octanol–water partition coefficient (Wildman–Crippen LogP) is 2.18. The maximum absolute atomic E-state index is 11.9. The van der Waals surface area contributed by atoms with E-state index in [0.29, 0.717) is 24.7 Å². The zero-order valence-electron chi connectivity index (χ0n) is 9.39. The molecule has 1 aromatic rings. The molecule has 0 aliphatic carbocycles. The van der Waals surface area contributed by atoms with Crippen LogP contribution in [0.2, 0.25) is 0 Å². The summed E-state index contributed by atoms with van der Waals surface area (Å²) >= 11 is 5.67. The van der Waals surface area contributed by atoms with Gasteiger partial charge in [0, 0.05) is 24.7 Å². The lowest BCUT2D eigenvalue weighted by atomic mass is 10.2. The van der Waals surface area contributed by atoms with Gasteiger partial charge in [-0.3, -0.25) is 4.72 Å². The predicted molar refractivity (Wildman–Crippen MR) is 69.3 cm³/mol. The van der Waals surface area contributed by atoms with Crippen molar-refractivity contribution in [2.45, 2.75) is 18.7 Å². The lowest BCUT2D eigenvalue weighted by molar-refractivity contribution is 0.482. The molecule has 0 unspecified atom stereocenters. The standard InChI is InChI=1S/C11H15ClN2O2S/c12-9-10-3-5-11(6-4-10)13-17(15,16)14-7-1-2-8-14/h3-6,13H,1-2,7-9H2. The van der Waals surface area contributed by atoms with Gasteiger partial charge in [-0.15, -0.1) is 11.6 Å². The number of hydrogen-bond acceptors (Lipinski definition) is 2. The molecule has 6 heteroatoms. The van der Waals surface area contributed by atoms with Crippen LogP contribution in [0.25, 0.3) is 0 Å². The van der Waals surface area contributed by atoms with E-state index in [1.54, 1.807) is 12.1 Å². The molecule has 0 spiro atoms. The summed E-state index contributed by atoms with van der Waals surface area (Å²) in [6, 6.07) is 7.08. The minimum Gasteiger partial charge on any atom is -0.271 e. The minimum atomic E-state index is -3.38. The minimum absolute atomic E-state index is 0.430. The second kappa shape index (κ2) is 5.25. The Kier molecular flexibility index (Phi) is 3.91. The molecule has 0 atom stereocenters. The third-order valence-electron chi connectivity index (χ3n) is 2.76. The Morgan fingerprint density at radius 2 is 1.76 bits per heavy atom. The summed E-state index contributed by atoms with van der Waals surface area (Å²) in [6.45, 7) is 1.21. The van der Waals surface area contributed by atoms with Crippen LogP contribution >= 0.6 is 11.6 Å². The smallest absolute Gasteiger partial charge is 0.271 e. The van der Waals surface area contributed by atoms with E-state index in [9.17, 15) is 8.42 Å². The molecule has 0 amide bonds. The summed E-state index contributed by atoms with van der Waals surface area (Å²) < 4.78 is 27.9. The second-order valence-electron chi connectivity index (χ2n) is 4.04. The molecule has 1 fully saturated rings. The normalized spacial score (nSPS) is 17.2. The van der Waals surface area contributed by atoms with Gasteiger partial charge in [0.2, 0.25) is 0 Å². The molecular weight excluding hydrogens is 260 g/mol. The first-order valence-electron chi connectivity index (χ1n) is 5.54. The highest BCUT2D eigenvalue weighted by molar-refractivity contribution is 7.90. The molecule has 94 valence electrons. The molecule has 17 heavy (non-hydrogen) atoms. The molecule has 1 saturated heterocycles. The van der Waals surface area contributed by atoms with Crippen molar-refractivity contribution in [2.24, 2.45) is 0 Å². The number of alkyl halides is 1. The summed E-state index contributed by atoms with van der Waals surface area (Å²) in [5.41, 5.74) is 1.54. The third-order valence-corrected chi connectivity index (χ3v) is 4.61. The molecule has 1 aliphatic heterocycles. The molecule has 0 saturated carbocycles. The molecule has 2 rings (SSSR count). The van der Waals surface area contributed by atoms with E-state index in [2.05, 4.69) is 4.72 Å². The van der Waals surface area contributed by atoms with Gasteiger partial charge in [-0.2, -0.15) is 12.7 Å². The first kappa shape index (κ1) is 12.7. The van der Waals surface area contributed by atoms with Gasteiger partial charge in [0.05, 0.1) is 0 Å². The van der Waals surface area contributed by atoms with Crippen LogP contribution in [-0.4, -0.2) is 25.8 Å². The van der Waals surface area contributed by atoms with Crippen LogP contribution in [0.5, 0.6) is 0 Å². The fraction of sp³-hybridized carbons (Fsp3) is 0.455. The average Bonchev–Trinajstić information content (AvgIpc) is 2.84. The van der Waals surface area contributed by atoms with Crippen molar-refractivity contribution in [3.63, 3.8) is 0 Å². The first-order valence-corrected chi connectivity index (χ1v) is 7.52. The quantitative estimate of drug-likeness (QED) is 0.856. The Morgan fingerprint density at radius 1 is 1.18 bits per heavy atom. The molecule has 1 heterocycles. The Hall–Kier alpha value is -0.780. The summed E-state index contributed by atoms with van der Waals surface area (Å²) in [7, 11) is -3.38. The largest absolute Gasteiger partial charge is 0.301 e. The lowest BCUT2D eigenvalue weighted by Crippen LogP contribution is -2.33. The van der Waals surface area contributed by atoms with Gasteiger partial charge in [0.1, 0.15) is 0 Å². The van der Waals surface area contributed by atoms with E-state index in [1.165, 1.54) is 4.31 Å². The Morgan fingerprint density at radius 3 is 2.29 bits per heavy atom. The topological polar surface area (TPSA) is 49.4 Å². The van der Waals surface area contributed by atoms with Gasteiger partial charge >= 0.3 is 10.2 Å². The van der Waals surface area contributed by atoms with Gasteiger partial charge in [0.25, 0.3) is 0 Å². The molecule has 1 N–H and O–H groups in total. The van der Waals surface area contributed by atoms with Crippen molar-refractivity contribution in [3.05, 3.63) is 29.8 Å².